The lowest BCUT2D eigenvalue weighted by molar-refractivity contribution is 0.256. The van der Waals surface area contributed by atoms with Gasteiger partial charge < -0.3 is 9.88 Å². The molecule has 0 saturated heterocycles. The molecular formula is C21H24FN3O3S. The second-order valence-corrected chi connectivity index (χ2v) is 9.81. The lowest BCUT2D eigenvalue weighted by atomic mass is 9.99. The standard InChI is InChI=1S/C21H24FN3O3S/c22-17-8-3-10-25-11-9-18(20(17)25)29(27,28)24-21(26)23-19-15-6-1-4-13(15)12-14-5-2-7-16(14)19/h9,11-12,17H,1-8,10H2,(H2,23,24,26). The first kappa shape index (κ1) is 18.7. The minimum atomic E-state index is -4.16. The Kier molecular flexibility index (Phi) is 4.42. The van der Waals surface area contributed by atoms with Crippen LogP contribution in [-0.4, -0.2) is 19.0 Å². The number of halogens is 1. The predicted molar refractivity (Wildman–Crippen MR) is 107 cm³/mol. The van der Waals surface area contributed by atoms with Crippen LogP contribution in [0.2, 0.25) is 0 Å². The van der Waals surface area contributed by atoms with E-state index in [0.717, 1.165) is 55.3 Å². The van der Waals surface area contributed by atoms with E-state index in [1.54, 1.807) is 10.8 Å². The smallest absolute Gasteiger partial charge is 0.333 e. The zero-order valence-corrected chi connectivity index (χ0v) is 16.9. The number of anilines is 1. The van der Waals surface area contributed by atoms with Gasteiger partial charge in [-0.3, -0.25) is 0 Å². The summed E-state index contributed by atoms with van der Waals surface area (Å²) in [5.74, 6) is 0. The molecule has 1 aromatic carbocycles. The largest absolute Gasteiger partial charge is 0.348 e. The Morgan fingerprint density at radius 1 is 1.07 bits per heavy atom. The summed E-state index contributed by atoms with van der Waals surface area (Å²) in [6.45, 7) is 0.583. The third-order valence-corrected chi connectivity index (χ3v) is 7.73. The number of carbonyl (C=O) groups excluding carboxylic acids is 1. The van der Waals surface area contributed by atoms with E-state index in [-0.39, 0.29) is 10.6 Å². The summed E-state index contributed by atoms with van der Waals surface area (Å²) in [7, 11) is -4.16. The van der Waals surface area contributed by atoms with Gasteiger partial charge in [-0.25, -0.2) is 22.3 Å². The van der Waals surface area contributed by atoms with Gasteiger partial charge in [-0.1, -0.05) is 6.07 Å². The second-order valence-electron chi connectivity index (χ2n) is 8.16. The second kappa shape index (κ2) is 6.86. The van der Waals surface area contributed by atoms with Crippen molar-refractivity contribution in [1.82, 2.24) is 9.29 Å². The number of urea groups is 1. The number of benzene rings is 1. The van der Waals surface area contributed by atoms with Crippen molar-refractivity contribution in [2.24, 2.45) is 0 Å². The van der Waals surface area contributed by atoms with Gasteiger partial charge in [0.15, 0.2) is 0 Å². The van der Waals surface area contributed by atoms with Gasteiger partial charge in [0.25, 0.3) is 10.0 Å². The highest BCUT2D eigenvalue weighted by Crippen LogP contribution is 2.39. The lowest BCUT2D eigenvalue weighted by Gasteiger charge is -2.21. The van der Waals surface area contributed by atoms with Gasteiger partial charge in [0, 0.05) is 18.4 Å². The first-order valence-electron chi connectivity index (χ1n) is 10.3. The first-order chi connectivity index (χ1) is 13.9. The molecule has 2 heterocycles. The van der Waals surface area contributed by atoms with Crippen molar-refractivity contribution < 1.29 is 17.6 Å². The van der Waals surface area contributed by atoms with Crippen molar-refractivity contribution >= 4 is 21.7 Å². The van der Waals surface area contributed by atoms with E-state index >= 15 is 0 Å². The molecule has 1 aromatic heterocycles. The summed E-state index contributed by atoms with van der Waals surface area (Å²) < 4.78 is 43.8. The molecule has 6 nitrogen and oxygen atoms in total. The summed E-state index contributed by atoms with van der Waals surface area (Å²) >= 11 is 0. The van der Waals surface area contributed by atoms with Gasteiger partial charge in [0.05, 0.1) is 5.69 Å². The van der Waals surface area contributed by atoms with E-state index in [2.05, 4.69) is 16.1 Å². The molecule has 29 heavy (non-hydrogen) atoms. The number of nitrogens with one attached hydrogen (secondary N) is 2. The fraction of sp³-hybridized carbons (Fsp3) is 0.476. The molecule has 0 radical (unpaired) electrons. The zero-order chi connectivity index (χ0) is 20.2. The number of hydrogen-bond donors (Lipinski definition) is 2. The number of sulfonamides is 1. The van der Waals surface area contributed by atoms with Crippen molar-refractivity contribution in [3.8, 4) is 0 Å². The Labute approximate surface area is 169 Å². The van der Waals surface area contributed by atoms with Crippen molar-refractivity contribution in [2.45, 2.75) is 69.0 Å². The number of hydrogen-bond acceptors (Lipinski definition) is 3. The average molecular weight is 418 g/mol. The molecule has 154 valence electrons. The third kappa shape index (κ3) is 3.13. The van der Waals surface area contributed by atoms with Crippen LogP contribution in [0.4, 0.5) is 14.9 Å². The molecule has 1 aliphatic heterocycles. The molecule has 0 bridgehead atoms. The number of aryl methyl sites for hydroxylation is 3. The number of fused-ring (bicyclic) bond motifs is 3. The number of nitrogens with zero attached hydrogens (tertiary/aromatic N) is 1. The molecule has 2 aromatic rings. The van der Waals surface area contributed by atoms with Crippen LogP contribution < -0.4 is 10.0 Å². The monoisotopic (exact) mass is 417 g/mol. The van der Waals surface area contributed by atoms with Crippen LogP contribution in [0.1, 0.15) is 59.8 Å². The Morgan fingerprint density at radius 3 is 2.45 bits per heavy atom. The third-order valence-electron chi connectivity index (χ3n) is 6.35. The van der Waals surface area contributed by atoms with E-state index in [9.17, 15) is 17.6 Å². The Bertz CT molecular complexity index is 1070. The molecule has 0 saturated carbocycles. The molecule has 3 aliphatic rings. The number of rotatable bonds is 3. The normalized spacial score (nSPS) is 20.1. The average Bonchev–Trinajstić information content (AvgIpc) is 3.40. The highest BCUT2D eigenvalue weighted by Gasteiger charge is 2.31. The van der Waals surface area contributed by atoms with Gasteiger partial charge in [-0.05, 0) is 79.7 Å². The van der Waals surface area contributed by atoms with Crippen LogP contribution in [0, 0.1) is 0 Å². The van der Waals surface area contributed by atoms with E-state index in [1.807, 2.05) is 0 Å². The number of amides is 2. The van der Waals surface area contributed by atoms with E-state index < -0.39 is 22.2 Å². The van der Waals surface area contributed by atoms with Crippen LogP contribution in [0.15, 0.2) is 23.2 Å². The Balaban J connectivity index is 1.42. The molecule has 0 spiro atoms. The van der Waals surface area contributed by atoms with Crippen LogP contribution in [0.3, 0.4) is 0 Å². The molecular weight excluding hydrogens is 393 g/mol. The van der Waals surface area contributed by atoms with Gasteiger partial charge in [-0.15, -0.1) is 0 Å². The van der Waals surface area contributed by atoms with Crippen molar-refractivity contribution in [1.29, 1.82) is 0 Å². The number of carbonyl (C=O) groups is 1. The van der Waals surface area contributed by atoms with E-state index in [0.29, 0.717) is 19.4 Å². The summed E-state index contributed by atoms with van der Waals surface area (Å²) in [6, 6.07) is 2.84. The van der Waals surface area contributed by atoms with E-state index in [4.69, 9.17) is 0 Å². The van der Waals surface area contributed by atoms with Gasteiger partial charge in [0.1, 0.15) is 11.1 Å². The van der Waals surface area contributed by atoms with Gasteiger partial charge in [0.2, 0.25) is 0 Å². The zero-order valence-electron chi connectivity index (χ0n) is 16.1. The van der Waals surface area contributed by atoms with Crippen LogP contribution in [0.5, 0.6) is 0 Å². The topological polar surface area (TPSA) is 80.2 Å². The minimum Gasteiger partial charge on any atom is -0.348 e. The van der Waals surface area contributed by atoms with Crippen molar-refractivity contribution in [3.63, 3.8) is 0 Å². The molecule has 5 rings (SSSR count). The number of alkyl halides is 1. The predicted octanol–water partition coefficient (Wildman–Crippen LogP) is 3.78. The fourth-order valence-corrected chi connectivity index (χ4v) is 6.25. The van der Waals surface area contributed by atoms with Gasteiger partial charge in [-0.2, -0.15) is 0 Å². The molecule has 2 N–H and O–H groups in total. The highest BCUT2D eigenvalue weighted by molar-refractivity contribution is 7.90. The maximum absolute atomic E-state index is 14.4. The first-order valence-corrected chi connectivity index (χ1v) is 11.8. The summed E-state index contributed by atoms with van der Waals surface area (Å²) in [4.78, 5) is 12.5. The van der Waals surface area contributed by atoms with E-state index in [1.165, 1.54) is 17.2 Å². The molecule has 2 aliphatic carbocycles. The molecule has 8 heteroatoms. The molecule has 2 amide bonds. The summed E-state index contributed by atoms with van der Waals surface area (Å²) in [5.41, 5.74) is 5.68. The molecule has 1 unspecified atom stereocenters. The summed E-state index contributed by atoms with van der Waals surface area (Å²) in [6.07, 6.45) is 7.05. The van der Waals surface area contributed by atoms with Gasteiger partial charge >= 0.3 is 6.03 Å². The molecule has 1 atom stereocenters. The lowest BCUT2D eigenvalue weighted by Crippen LogP contribution is -2.35. The Morgan fingerprint density at radius 2 is 1.76 bits per heavy atom. The molecule has 0 fully saturated rings. The fourth-order valence-electron chi connectivity index (χ4n) is 5.08. The van der Waals surface area contributed by atoms with Crippen LogP contribution in [-0.2, 0) is 42.3 Å². The maximum atomic E-state index is 14.4. The van der Waals surface area contributed by atoms with Crippen molar-refractivity contribution in [2.75, 3.05) is 5.32 Å². The highest BCUT2D eigenvalue weighted by atomic mass is 32.2. The van der Waals surface area contributed by atoms with Crippen molar-refractivity contribution in [3.05, 3.63) is 46.3 Å². The maximum Gasteiger partial charge on any atom is 0.333 e. The number of aromatic nitrogens is 1. The minimum absolute atomic E-state index is 0.137. The SMILES string of the molecule is O=C(Nc1c2c(cc3c1CCC3)CCC2)NS(=O)(=O)c1ccn2c1C(F)CCC2. The summed E-state index contributed by atoms with van der Waals surface area (Å²) in [5, 5.41) is 2.82. The quantitative estimate of drug-likeness (QED) is 0.798. The van der Waals surface area contributed by atoms with Crippen LogP contribution in [0.25, 0.3) is 0 Å². The van der Waals surface area contributed by atoms with Crippen LogP contribution >= 0.6 is 0 Å². The Hall–Kier alpha value is -2.35.